The fourth-order valence-electron chi connectivity index (χ4n) is 3.79. The molecule has 0 radical (unpaired) electrons. The number of aliphatic hydroxyl groups is 1. The number of benzene rings is 3. The highest BCUT2D eigenvalue weighted by Gasteiger charge is 2.20. The van der Waals surface area contributed by atoms with Crippen LogP contribution in [-0.2, 0) is 14.8 Å². The first-order valence-corrected chi connectivity index (χ1v) is 11.7. The van der Waals surface area contributed by atoms with Gasteiger partial charge in [0, 0.05) is 19.5 Å². The summed E-state index contributed by atoms with van der Waals surface area (Å²) in [6, 6.07) is 17.1. The average Bonchev–Trinajstić information content (AvgIpc) is 2.70. The van der Waals surface area contributed by atoms with Crippen LogP contribution < -0.4 is 10.0 Å². The van der Waals surface area contributed by atoms with E-state index in [0.717, 1.165) is 16.3 Å². The van der Waals surface area contributed by atoms with Gasteiger partial charge in [-0.15, -0.1) is 0 Å². The van der Waals surface area contributed by atoms with Crippen LogP contribution in [0.4, 0.5) is 0 Å². The number of aryl methyl sites for hydroxylation is 3. The smallest absolute Gasteiger partial charge is 0.241 e. The lowest BCUT2D eigenvalue weighted by Crippen LogP contribution is -2.33. The Morgan fingerprint density at radius 1 is 0.968 bits per heavy atom. The van der Waals surface area contributed by atoms with Gasteiger partial charge in [0.1, 0.15) is 0 Å². The molecule has 3 aromatic rings. The van der Waals surface area contributed by atoms with Gasteiger partial charge < -0.3 is 10.4 Å². The van der Waals surface area contributed by atoms with Gasteiger partial charge in [0.2, 0.25) is 15.9 Å². The molecule has 0 bridgehead atoms. The maximum Gasteiger partial charge on any atom is 0.241 e. The Balaban J connectivity index is 1.52. The van der Waals surface area contributed by atoms with Gasteiger partial charge in [-0.2, -0.15) is 0 Å². The third-order valence-corrected chi connectivity index (χ3v) is 6.93. The van der Waals surface area contributed by atoms with Gasteiger partial charge in [0.25, 0.3) is 0 Å². The number of fused-ring (bicyclic) bond motifs is 1. The molecule has 31 heavy (non-hydrogen) atoms. The van der Waals surface area contributed by atoms with Gasteiger partial charge in [-0.3, -0.25) is 4.79 Å². The number of nitrogens with one attached hydrogen (secondary N) is 2. The van der Waals surface area contributed by atoms with Crippen molar-refractivity contribution in [2.45, 2.75) is 38.2 Å². The number of aliphatic hydroxyl groups excluding tert-OH is 1. The van der Waals surface area contributed by atoms with Gasteiger partial charge in [-0.1, -0.05) is 54.1 Å². The molecule has 0 saturated heterocycles. The Labute approximate surface area is 183 Å². The minimum atomic E-state index is -3.71. The van der Waals surface area contributed by atoms with Crippen LogP contribution in [0, 0.1) is 20.8 Å². The molecule has 1 atom stereocenters. The van der Waals surface area contributed by atoms with Crippen LogP contribution in [0.3, 0.4) is 0 Å². The molecule has 0 heterocycles. The number of rotatable bonds is 8. The van der Waals surface area contributed by atoms with Crippen LogP contribution in [0.25, 0.3) is 10.8 Å². The normalized spacial score (nSPS) is 12.6. The molecular formula is C24H28N2O4S. The second kappa shape index (κ2) is 9.60. The van der Waals surface area contributed by atoms with Crippen molar-refractivity contribution < 1.29 is 18.3 Å². The Kier molecular flexibility index (Phi) is 7.10. The first-order valence-electron chi connectivity index (χ1n) is 10.2. The lowest BCUT2D eigenvalue weighted by Gasteiger charge is -2.14. The van der Waals surface area contributed by atoms with Crippen molar-refractivity contribution in [3.05, 3.63) is 76.9 Å². The standard InChI is InChI=1S/C24H28N2O4S/c1-16-12-17(2)24(18(3)13-16)31(29,30)26-11-10-23(28)25-15-22(27)21-9-8-19-6-4-5-7-20(19)14-21/h4-9,12-14,22,26-27H,10-11,15H2,1-3H3,(H,25,28). The Hall–Kier alpha value is -2.74. The van der Waals surface area contributed by atoms with Gasteiger partial charge in [-0.25, -0.2) is 13.1 Å². The average molecular weight is 441 g/mol. The lowest BCUT2D eigenvalue weighted by molar-refractivity contribution is -0.121. The second-order valence-corrected chi connectivity index (χ2v) is 9.51. The summed E-state index contributed by atoms with van der Waals surface area (Å²) in [6.45, 7) is 5.47. The molecule has 0 aromatic heterocycles. The maximum atomic E-state index is 12.6. The third-order valence-electron chi connectivity index (χ3n) is 5.17. The minimum absolute atomic E-state index is 0.0202. The van der Waals surface area contributed by atoms with Crippen molar-refractivity contribution in [2.24, 2.45) is 0 Å². The zero-order chi connectivity index (χ0) is 22.6. The molecule has 7 heteroatoms. The SMILES string of the molecule is Cc1cc(C)c(S(=O)(=O)NCCC(=O)NCC(O)c2ccc3ccccc3c2)c(C)c1. The van der Waals surface area contributed by atoms with Gasteiger partial charge >= 0.3 is 0 Å². The van der Waals surface area contributed by atoms with E-state index >= 15 is 0 Å². The second-order valence-electron chi connectivity index (χ2n) is 7.80. The molecule has 0 spiro atoms. The van der Waals surface area contributed by atoms with Crippen LogP contribution in [0.15, 0.2) is 59.5 Å². The van der Waals surface area contributed by atoms with Crippen LogP contribution in [0.1, 0.15) is 34.8 Å². The van der Waals surface area contributed by atoms with Crippen molar-refractivity contribution in [2.75, 3.05) is 13.1 Å². The highest BCUT2D eigenvalue weighted by atomic mass is 32.2. The monoisotopic (exact) mass is 440 g/mol. The number of sulfonamides is 1. The Bertz CT molecular complexity index is 1180. The van der Waals surface area contributed by atoms with E-state index in [1.54, 1.807) is 13.8 Å². The minimum Gasteiger partial charge on any atom is -0.387 e. The van der Waals surface area contributed by atoms with E-state index in [-0.39, 0.29) is 30.3 Å². The topological polar surface area (TPSA) is 95.5 Å². The summed E-state index contributed by atoms with van der Waals surface area (Å²) in [5, 5.41) is 15.1. The number of carbonyl (C=O) groups is 1. The number of hydrogen-bond donors (Lipinski definition) is 3. The molecule has 0 saturated carbocycles. The predicted octanol–water partition coefficient (Wildman–Crippen LogP) is 3.28. The van der Waals surface area contributed by atoms with Gasteiger partial charge in [0.15, 0.2) is 0 Å². The van der Waals surface area contributed by atoms with E-state index in [0.29, 0.717) is 16.7 Å². The molecule has 0 aliphatic rings. The van der Waals surface area contributed by atoms with E-state index < -0.39 is 16.1 Å². The molecule has 0 aliphatic heterocycles. The van der Waals surface area contributed by atoms with Crippen LogP contribution in [0.5, 0.6) is 0 Å². The van der Waals surface area contributed by atoms with E-state index in [4.69, 9.17) is 0 Å². The molecule has 0 aliphatic carbocycles. The maximum absolute atomic E-state index is 12.6. The van der Waals surface area contributed by atoms with E-state index in [1.165, 1.54) is 0 Å². The molecule has 164 valence electrons. The highest BCUT2D eigenvalue weighted by Crippen LogP contribution is 2.22. The van der Waals surface area contributed by atoms with E-state index in [9.17, 15) is 18.3 Å². The number of carbonyl (C=O) groups excluding carboxylic acids is 1. The summed E-state index contributed by atoms with van der Waals surface area (Å²) in [7, 11) is -3.71. The zero-order valence-corrected chi connectivity index (χ0v) is 18.8. The Morgan fingerprint density at radius 2 is 1.61 bits per heavy atom. The quantitative estimate of drug-likeness (QED) is 0.501. The lowest BCUT2D eigenvalue weighted by atomic mass is 10.0. The van der Waals surface area contributed by atoms with Crippen molar-refractivity contribution in [3.63, 3.8) is 0 Å². The first-order chi connectivity index (χ1) is 14.7. The molecular weight excluding hydrogens is 412 g/mol. The van der Waals surface area contributed by atoms with Crippen LogP contribution >= 0.6 is 0 Å². The third kappa shape index (κ3) is 5.70. The fourth-order valence-corrected chi connectivity index (χ4v) is 5.27. The van der Waals surface area contributed by atoms with E-state index in [1.807, 2.05) is 61.5 Å². The largest absolute Gasteiger partial charge is 0.387 e. The molecule has 1 unspecified atom stereocenters. The molecule has 6 nitrogen and oxygen atoms in total. The summed E-state index contributed by atoms with van der Waals surface area (Å²) in [5.74, 6) is -0.333. The Morgan fingerprint density at radius 3 is 2.29 bits per heavy atom. The predicted molar refractivity (Wildman–Crippen MR) is 122 cm³/mol. The van der Waals surface area contributed by atoms with Crippen LogP contribution in [0.2, 0.25) is 0 Å². The molecule has 3 rings (SSSR count). The van der Waals surface area contributed by atoms with Crippen molar-refractivity contribution in [3.8, 4) is 0 Å². The summed E-state index contributed by atoms with van der Waals surface area (Å²) < 4.78 is 27.8. The number of amides is 1. The highest BCUT2D eigenvalue weighted by molar-refractivity contribution is 7.89. The molecule has 1 amide bonds. The van der Waals surface area contributed by atoms with Crippen molar-refractivity contribution >= 4 is 26.7 Å². The van der Waals surface area contributed by atoms with E-state index in [2.05, 4.69) is 10.0 Å². The number of hydrogen-bond acceptors (Lipinski definition) is 4. The summed E-state index contributed by atoms with van der Waals surface area (Å²) >= 11 is 0. The van der Waals surface area contributed by atoms with Crippen molar-refractivity contribution in [1.29, 1.82) is 0 Å². The first kappa shape index (κ1) is 22.9. The molecule has 0 fully saturated rings. The van der Waals surface area contributed by atoms with Crippen LogP contribution in [-0.4, -0.2) is 32.5 Å². The fraction of sp³-hybridized carbons (Fsp3) is 0.292. The molecule has 3 N–H and O–H groups in total. The van der Waals surface area contributed by atoms with Gasteiger partial charge in [0.05, 0.1) is 11.0 Å². The molecule has 3 aromatic carbocycles. The van der Waals surface area contributed by atoms with Crippen molar-refractivity contribution in [1.82, 2.24) is 10.0 Å². The van der Waals surface area contributed by atoms with Gasteiger partial charge in [-0.05, 0) is 54.3 Å². The zero-order valence-electron chi connectivity index (χ0n) is 18.0. The summed E-state index contributed by atoms with van der Waals surface area (Å²) in [6.07, 6.45) is -0.865. The summed E-state index contributed by atoms with van der Waals surface area (Å²) in [5.41, 5.74) is 3.06. The summed E-state index contributed by atoms with van der Waals surface area (Å²) in [4.78, 5) is 12.4.